The zero-order valence-electron chi connectivity index (χ0n) is 16.0. The summed E-state index contributed by atoms with van der Waals surface area (Å²) in [5.41, 5.74) is 4.69. The number of ether oxygens (including phenoxy) is 2. The molecule has 0 unspecified atom stereocenters. The largest absolute Gasteiger partial charge is 0.490 e. The SMILES string of the molecule is CCOc1cc2c(cc1OCC)CN(C(=O)N1CCc3ccccc31)CC2. The molecule has 0 saturated carbocycles. The van der Waals surface area contributed by atoms with Crippen molar-refractivity contribution in [2.45, 2.75) is 33.2 Å². The predicted molar refractivity (Wildman–Crippen MR) is 106 cm³/mol. The molecule has 2 aromatic carbocycles. The molecule has 0 fully saturated rings. The highest BCUT2D eigenvalue weighted by Gasteiger charge is 2.30. The lowest BCUT2D eigenvalue weighted by atomic mass is 9.99. The minimum atomic E-state index is 0.0949. The Kier molecular flexibility index (Phi) is 4.92. The summed E-state index contributed by atoms with van der Waals surface area (Å²) in [6, 6.07) is 12.4. The fourth-order valence-electron chi connectivity index (χ4n) is 3.97. The van der Waals surface area contributed by atoms with Gasteiger partial charge in [0.2, 0.25) is 0 Å². The molecular weight excluding hydrogens is 340 g/mol. The monoisotopic (exact) mass is 366 g/mol. The lowest BCUT2D eigenvalue weighted by Crippen LogP contribution is -2.44. The normalized spacial score (nSPS) is 15.3. The Labute approximate surface area is 160 Å². The standard InChI is InChI=1S/C22H26N2O3/c1-3-26-20-13-17-9-11-23(15-18(17)14-21(20)27-4-2)22(25)24-12-10-16-7-5-6-8-19(16)24/h5-8,13-14H,3-4,9-12,15H2,1-2H3. The van der Waals surface area contributed by atoms with E-state index in [4.69, 9.17) is 9.47 Å². The number of carbonyl (C=O) groups excluding carboxylic acids is 1. The van der Waals surface area contributed by atoms with Crippen LogP contribution in [0, 0.1) is 0 Å². The van der Waals surface area contributed by atoms with E-state index in [1.165, 1.54) is 11.1 Å². The minimum Gasteiger partial charge on any atom is -0.490 e. The molecule has 2 amide bonds. The van der Waals surface area contributed by atoms with Crippen LogP contribution >= 0.6 is 0 Å². The van der Waals surface area contributed by atoms with Gasteiger partial charge in [0.25, 0.3) is 0 Å². The maximum atomic E-state index is 13.1. The van der Waals surface area contributed by atoms with E-state index in [1.807, 2.05) is 47.9 Å². The topological polar surface area (TPSA) is 42.0 Å². The van der Waals surface area contributed by atoms with E-state index in [-0.39, 0.29) is 6.03 Å². The van der Waals surface area contributed by atoms with Crippen LogP contribution in [-0.2, 0) is 19.4 Å². The van der Waals surface area contributed by atoms with E-state index in [0.717, 1.165) is 48.7 Å². The molecule has 0 atom stereocenters. The van der Waals surface area contributed by atoms with Crippen molar-refractivity contribution in [2.24, 2.45) is 0 Å². The summed E-state index contributed by atoms with van der Waals surface area (Å²) in [6.45, 7) is 7.24. The summed E-state index contributed by atoms with van der Waals surface area (Å²) < 4.78 is 11.5. The lowest BCUT2D eigenvalue weighted by Gasteiger charge is -2.33. The summed E-state index contributed by atoms with van der Waals surface area (Å²) in [5, 5.41) is 0. The van der Waals surface area contributed by atoms with Gasteiger partial charge in [0, 0.05) is 25.3 Å². The van der Waals surface area contributed by atoms with E-state index < -0.39 is 0 Å². The molecule has 142 valence electrons. The Morgan fingerprint density at radius 1 is 0.926 bits per heavy atom. The van der Waals surface area contributed by atoms with Gasteiger partial charge in [-0.2, -0.15) is 0 Å². The van der Waals surface area contributed by atoms with Crippen molar-refractivity contribution in [3.05, 3.63) is 53.1 Å². The number of para-hydroxylation sites is 1. The van der Waals surface area contributed by atoms with Crippen LogP contribution in [-0.4, -0.2) is 37.2 Å². The maximum absolute atomic E-state index is 13.1. The third kappa shape index (κ3) is 3.34. The van der Waals surface area contributed by atoms with Crippen molar-refractivity contribution >= 4 is 11.7 Å². The van der Waals surface area contributed by atoms with Crippen molar-refractivity contribution in [1.82, 2.24) is 4.90 Å². The molecule has 2 aromatic rings. The van der Waals surface area contributed by atoms with Crippen LogP contribution in [0.4, 0.5) is 10.5 Å². The van der Waals surface area contributed by atoms with Crippen LogP contribution in [0.3, 0.4) is 0 Å². The molecular formula is C22H26N2O3. The molecule has 4 rings (SSSR count). The first-order valence-corrected chi connectivity index (χ1v) is 9.77. The van der Waals surface area contributed by atoms with E-state index in [2.05, 4.69) is 12.1 Å². The second-order valence-electron chi connectivity index (χ2n) is 6.92. The van der Waals surface area contributed by atoms with E-state index >= 15 is 0 Å². The van der Waals surface area contributed by atoms with Crippen LogP contribution < -0.4 is 14.4 Å². The summed E-state index contributed by atoms with van der Waals surface area (Å²) in [4.78, 5) is 17.0. The number of rotatable bonds is 4. The molecule has 0 radical (unpaired) electrons. The van der Waals surface area contributed by atoms with Crippen molar-refractivity contribution in [3.8, 4) is 11.5 Å². The number of urea groups is 1. The first-order valence-electron chi connectivity index (χ1n) is 9.77. The third-order valence-corrected chi connectivity index (χ3v) is 5.27. The Balaban J connectivity index is 1.56. The number of amides is 2. The van der Waals surface area contributed by atoms with Gasteiger partial charge in [-0.15, -0.1) is 0 Å². The van der Waals surface area contributed by atoms with E-state index in [1.54, 1.807) is 0 Å². The van der Waals surface area contributed by atoms with Gasteiger partial charge in [-0.05, 0) is 61.6 Å². The van der Waals surface area contributed by atoms with E-state index in [9.17, 15) is 4.79 Å². The fraction of sp³-hybridized carbons (Fsp3) is 0.409. The zero-order valence-corrected chi connectivity index (χ0v) is 16.0. The fourth-order valence-corrected chi connectivity index (χ4v) is 3.97. The number of hydrogen-bond acceptors (Lipinski definition) is 3. The highest BCUT2D eigenvalue weighted by atomic mass is 16.5. The Hall–Kier alpha value is -2.69. The number of fused-ring (bicyclic) bond motifs is 2. The van der Waals surface area contributed by atoms with Gasteiger partial charge < -0.3 is 14.4 Å². The number of nitrogens with zero attached hydrogens (tertiary/aromatic N) is 2. The van der Waals surface area contributed by atoms with Gasteiger partial charge in [-0.3, -0.25) is 4.90 Å². The van der Waals surface area contributed by atoms with Crippen molar-refractivity contribution in [3.63, 3.8) is 0 Å². The van der Waals surface area contributed by atoms with Crippen LogP contribution in [0.25, 0.3) is 0 Å². The maximum Gasteiger partial charge on any atom is 0.324 e. The average Bonchev–Trinajstić information content (AvgIpc) is 3.12. The highest BCUT2D eigenvalue weighted by molar-refractivity contribution is 5.94. The number of benzene rings is 2. The van der Waals surface area contributed by atoms with Gasteiger partial charge in [-0.25, -0.2) is 4.79 Å². The lowest BCUT2D eigenvalue weighted by molar-refractivity contribution is 0.199. The minimum absolute atomic E-state index is 0.0949. The van der Waals surface area contributed by atoms with Gasteiger partial charge in [-0.1, -0.05) is 18.2 Å². The smallest absolute Gasteiger partial charge is 0.324 e. The molecule has 5 nitrogen and oxygen atoms in total. The number of hydrogen-bond donors (Lipinski definition) is 0. The van der Waals surface area contributed by atoms with E-state index in [0.29, 0.717) is 19.8 Å². The molecule has 2 aliphatic rings. The van der Waals surface area contributed by atoms with Crippen molar-refractivity contribution in [2.75, 3.05) is 31.2 Å². The first kappa shape index (κ1) is 17.7. The highest BCUT2D eigenvalue weighted by Crippen LogP contribution is 2.35. The van der Waals surface area contributed by atoms with Crippen molar-refractivity contribution in [1.29, 1.82) is 0 Å². The van der Waals surface area contributed by atoms with Gasteiger partial charge in [0.15, 0.2) is 11.5 Å². The molecule has 0 bridgehead atoms. The quantitative estimate of drug-likeness (QED) is 0.821. The summed E-state index contributed by atoms with van der Waals surface area (Å²) in [7, 11) is 0. The van der Waals surface area contributed by atoms with Crippen LogP contribution in [0.2, 0.25) is 0 Å². The summed E-state index contributed by atoms with van der Waals surface area (Å²) in [6.07, 6.45) is 1.77. The second-order valence-corrected chi connectivity index (χ2v) is 6.92. The Bertz CT molecular complexity index is 849. The molecule has 0 spiro atoms. The predicted octanol–water partition coefficient (Wildman–Crippen LogP) is 4.02. The van der Waals surface area contributed by atoms with Gasteiger partial charge in [0.05, 0.1) is 13.2 Å². The molecule has 2 aliphatic heterocycles. The molecule has 27 heavy (non-hydrogen) atoms. The molecule has 2 heterocycles. The number of anilines is 1. The first-order chi connectivity index (χ1) is 13.2. The van der Waals surface area contributed by atoms with Crippen LogP contribution in [0.15, 0.2) is 36.4 Å². The molecule has 0 N–H and O–H groups in total. The third-order valence-electron chi connectivity index (χ3n) is 5.27. The molecule has 0 saturated heterocycles. The van der Waals surface area contributed by atoms with Gasteiger partial charge >= 0.3 is 6.03 Å². The van der Waals surface area contributed by atoms with Gasteiger partial charge in [0.1, 0.15) is 0 Å². The average molecular weight is 366 g/mol. The Morgan fingerprint density at radius 3 is 2.33 bits per heavy atom. The van der Waals surface area contributed by atoms with Crippen molar-refractivity contribution < 1.29 is 14.3 Å². The van der Waals surface area contributed by atoms with Crippen LogP contribution in [0.5, 0.6) is 11.5 Å². The molecule has 0 aromatic heterocycles. The zero-order chi connectivity index (χ0) is 18.8. The van der Waals surface area contributed by atoms with Crippen LogP contribution in [0.1, 0.15) is 30.5 Å². The molecule has 5 heteroatoms. The Morgan fingerprint density at radius 2 is 1.59 bits per heavy atom. The summed E-state index contributed by atoms with van der Waals surface area (Å²) in [5.74, 6) is 1.56. The molecule has 0 aliphatic carbocycles. The second kappa shape index (κ2) is 7.51. The number of carbonyl (C=O) groups is 1. The summed E-state index contributed by atoms with van der Waals surface area (Å²) >= 11 is 0.